The van der Waals surface area contributed by atoms with Crippen molar-refractivity contribution in [1.82, 2.24) is 15.0 Å². The van der Waals surface area contributed by atoms with Gasteiger partial charge in [0.1, 0.15) is 17.8 Å². The molecule has 20 heavy (non-hydrogen) atoms. The molecule has 5 nitrogen and oxygen atoms in total. The third-order valence-electron chi connectivity index (χ3n) is 4.66. The number of fused-ring (bicyclic) bond motifs is 1. The van der Waals surface area contributed by atoms with E-state index in [4.69, 9.17) is 4.74 Å². The highest BCUT2D eigenvalue weighted by Crippen LogP contribution is 2.44. The van der Waals surface area contributed by atoms with Gasteiger partial charge in [0, 0.05) is 24.7 Å². The zero-order valence-corrected chi connectivity index (χ0v) is 12.0. The molecule has 0 radical (unpaired) electrons. The number of rotatable bonds is 2. The van der Waals surface area contributed by atoms with Gasteiger partial charge in [-0.3, -0.25) is 0 Å². The molecule has 5 heteroatoms. The lowest BCUT2D eigenvalue weighted by Crippen LogP contribution is -2.57. The fraction of sp³-hybridized carbons (Fsp3) is 0.600. The fourth-order valence-electron chi connectivity index (χ4n) is 3.71. The van der Waals surface area contributed by atoms with Crippen LogP contribution in [-0.4, -0.2) is 40.8 Å². The van der Waals surface area contributed by atoms with E-state index in [1.807, 2.05) is 0 Å². The fourth-order valence-corrected chi connectivity index (χ4v) is 3.71. The summed E-state index contributed by atoms with van der Waals surface area (Å²) < 4.78 is 5.75. The molecule has 0 saturated carbocycles. The third kappa shape index (κ3) is 1.66. The molecular formula is C15H20N4O. The van der Waals surface area contributed by atoms with Crippen LogP contribution in [0.4, 0.5) is 5.82 Å². The Morgan fingerprint density at radius 3 is 3.00 bits per heavy atom. The number of H-pyrrole nitrogens is 1. The summed E-state index contributed by atoms with van der Waals surface area (Å²) in [6, 6.07) is 0. The zero-order valence-electron chi connectivity index (χ0n) is 12.0. The van der Waals surface area contributed by atoms with Crippen molar-refractivity contribution in [1.29, 1.82) is 0 Å². The average molecular weight is 272 g/mol. The van der Waals surface area contributed by atoms with Crippen molar-refractivity contribution in [2.24, 2.45) is 5.41 Å². The molecule has 2 aromatic heterocycles. The lowest BCUT2D eigenvalue weighted by Gasteiger charge is -2.48. The topological polar surface area (TPSA) is 54.0 Å². The maximum Gasteiger partial charge on any atom is 0.143 e. The molecule has 0 aliphatic carbocycles. The lowest BCUT2D eigenvalue weighted by atomic mass is 9.78. The highest BCUT2D eigenvalue weighted by atomic mass is 16.5. The van der Waals surface area contributed by atoms with Crippen molar-refractivity contribution in [3.8, 4) is 0 Å². The van der Waals surface area contributed by atoms with Crippen molar-refractivity contribution in [3.63, 3.8) is 0 Å². The van der Waals surface area contributed by atoms with E-state index in [0.717, 1.165) is 37.6 Å². The molecule has 2 fully saturated rings. The standard InChI is InChI=1S/C15H20N4O/c1-3-11-5-16-13-12(11)14(18-9-17-13)19-6-15(7-19)4-10(2)20-8-15/h5,9-10H,3-4,6-8H2,1-2H3,(H,16,17,18). The second-order valence-corrected chi connectivity index (χ2v) is 6.27. The maximum atomic E-state index is 5.75. The first-order valence-corrected chi connectivity index (χ1v) is 7.38. The Morgan fingerprint density at radius 1 is 1.45 bits per heavy atom. The Labute approximate surface area is 118 Å². The first-order valence-electron chi connectivity index (χ1n) is 7.38. The summed E-state index contributed by atoms with van der Waals surface area (Å²) in [7, 11) is 0. The van der Waals surface area contributed by atoms with Gasteiger partial charge >= 0.3 is 0 Å². The van der Waals surface area contributed by atoms with Crippen LogP contribution < -0.4 is 4.90 Å². The molecule has 1 unspecified atom stereocenters. The van der Waals surface area contributed by atoms with Crippen LogP contribution in [0.15, 0.2) is 12.5 Å². The van der Waals surface area contributed by atoms with Gasteiger partial charge in [0.05, 0.1) is 18.1 Å². The Balaban J connectivity index is 1.66. The van der Waals surface area contributed by atoms with E-state index >= 15 is 0 Å². The predicted molar refractivity (Wildman–Crippen MR) is 77.9 cm³/mol. The van der Waals surface area contributed by atoms with E-state index in [9.17, 15) is 0 Å². The second kappa shape index (κ2) is 4.19. The highest BCUT2D eigenvalue weighted by Gasteiger charge is 2.48. The summed E-state index contributed by atoms with van der Waals surface area (Å²) in [5.74, 6) is 1.08. The van der Waals surface area contributed by atoms with Gasteiger partial charge in [0.2, 0.25) is 0 Å². The Morgan fingerprint density at radius 2 is 2.30 bits per heavy atom. The average Bonchev–Trinajstić information content (AvgIpc) is 3.00. The van der Waals surface area contributed by atoms with Gasteiger partial charge in [-0.15, -0.1) is 0 Å². The summed E-state index contributed by atoms with van der Waals surface area (Å²) in [6.07, 6.45) is 6.29. The molecular weight excluding hydrogens is 252 g/mol. The number of anilines is 1. The van der Waals surface area contributed by atoms with Crippen LogP contribution >= 0.6 is 0 Å². The largest absolute Gasteiger partial charge is 0.378 e. The van der Waals surface area contributed by atoms with Crippen molar-refractivity contribution in [3.05, 3.63) is 18.1 Å². The first-order chi connectivity index (χ1) is 9.71. The van der Waals surface area contributed by atoms with Crippen LogP contribution in [0, 0.1) is 5.41 Å². The molecule has 2 aliphatic heterocycles. The number of aromatic nitrogens is 3. The second-order valence-electron chi connectivity index (χ2n) is 6.27. The van der Waals surface area contributed by atoms with Gasteiger partial charge in [0.15, 0.2) is 0 Å². The minimum Gasteiger partial charge on any atom is -0.378 e. The third-order valence-corrected chi connectivity index (χ3v) is 4.66. The monoisotopic (exact) mass is 272 g/mol. The molecule has 0 bridgehead atoms. The SMILES string of the molecule is CCc1c[nH]c2ncnc(N3CC4(COC(C)C4)C3)c12. The molecule has 106 valence electrons. The normalized spacial score (nSPS) is 24.5. The minimum absolute atomic E-state index is 0.360. The van der Waals surface area contributed by atoms with Crippen molar-refractivity contribution in [2.75, 3.05) is 24.6 Å². The molecule has 1 N–H and O–H groups in total. The number of nitrogens with zero attached hydrogens (tertiary/aromatic N) is 3. The summed E-state index contributed by atoms with van der Waals surface area (Å²) in [5.41, 5.74) is 2.61. The summed E-state index contributed by atoms with van der Waals surface area (Å²) in [4.78, 5) is 14.5. The molecule has 1 spiro atoms. The van der Waals surface area contributed by atoms with E-state index in [-0.39, 0.29) is 0 Å². The Bertz CT molecular complexity index is 644. The number of nitrogens with one attached hydrogen (secondary N) is 1. The Hall–Kier alpha value is -1.62. The minimum atomic E-state index is 0.360. The van der Waals surface area contributed by atoms with Crippen LogP contribution in [0.1, 0.15) is 25.8 Å². The van der Waals surface area contributed by atoms with Crippen LogP contribution in [-0.2, 0) is 11.2 Å². The maximum absolute atomic E-state index is 5.75. The number of aromatic amines is 1. The summed E-state index contributed by atoms with van der Waals surface area (Å²) >= 11 is 0. The number of hydrogen-bond donors (Lipinski definition) is 1. The predicted octanol–water partition coefficient (Wildman–Crippen LogP) is 2.14. The molecule has 2 aromatic rings. The summed E-state index contributed by atoms with van der Waals surface area (Å²) in [5, 5.41) is 1.19. The van der Waals surface area contributed by atoms with E-state index in [0.29, 0.717) is 11.5 Å². The van der Waals surface area contributed by atoms with E-state index in [1.165, 1.54) is 17.4 Å². The van der Waals surface area contributed by atoms with Crippen molar-refractivity contribution >= 4 is 16.9 Å². The van der Waals surface area contributed by atoms with E-state index in [2.05, 4.69) is 39.9 Å². The van der Waals surface area contributed by atoms with E-state index in [1.54, 1.807) is 6.33 Å². The van der Waals surface area contributed by atoms with Crippen LogP contribution in [0.5, 0.6) is 0 Å². The zero-order chi connectivity index (χ0) is 13.7. The molecule has 0 amide bonds. The van der Waals surface area contributed by atoms with Crippen LogP contribution in [0.25, 0.3) is 11.0 Å². The highest BCUT2D eigenvalue weighted by molar-refractivity contribution is 5.91. The van der Waals surface area contributed by atoms with Crippen LogP contribution in [0.3, 0.4) is 0 Å². The van der Waals surface area contributed by atoms with E-state index < -0.39 is 0 Å². The van der Waals surface area contributed by atoms with Gasteiger partial charge in [-0.05, 0) is 25.3 Å². The molecule has 1 atom stereocenters. The molecule has 4 rings (SSSR count). The van der Waals surface area contributed by atoms with Gasteiger partial charge in [-0.25, -0.2) is 9.97 Å². The van der Waals surface area contributed by atoms with Gasteiger partial charge in [-0.1, -0.05) is 6.92 Å². The molecule has 2 saturated heterocycles. The van der Waals surface area contributed by atoms with Crippen LogP contribution in [0.2, 0.25) is 0 Å². The quantitative estimate of drug-likeness (QED) is 0.910. The van der Waals surface area contributed by atoms with Gasteiger partial charge in [0.25, 0.3) is 0 Å². The van der Waals surface area contributed by atoms with Gasteiger partial charge in [-0.2, -0.15) is 0 Å². The lowest BCUT2D eigenvalue weighted by molar-refractivity contribution is 0.0962. The Kier molecular flexibility index (Phi) is 2.54. The molecule has 2 aliphatic rings. The number of aryl methyl sites for hydroxylation is 1. The molecule has 4 heterocycles. The number of hydrogen-bond acceptors (Lipinski definition) is 4. The smallest absolute Gasteiger partial charge is 0.143 e. The van der Waals surface area contributed by atoms with Crippen molar-refractivity contribution < 1.29 is 4.74 Å². The summed E-state index contributed by atoms with van der Waals surface area (Å²) in [6.45, 7) is 7.34. The van der Waals surface area contributed by atoms with Crippen molar-refractivity contribution in [2.45, 2.75) is 32.8 Å². The first kappa shape index (κ1) is 12.1. The van der Waals surface area contributed by atoms with Gasteiger partial charge < -0.3 is 14.6 Å². The molecule has 0 aromatic carbocycles. The number of ether oxygens (including phenoxy) is 1.